The summed E-state index contributed by atoms with van der Waals surface area (Å²) in [4.78, 5) is 27.5. The molecular weight excluding hydrogens is 400 g/mol. The third-order valence-electron chi connectivity index (χ3n) is 4.63. The van der Waals surface area contributed by atoms with Gasteiger partial charge >= 0.3 is 0 Å². The summed E-state index contributed by atoms with van der Waals surface area (Å²) < 4.78 is 5.69. The van der Waals surface area contributed by atoms with Gasteiger partial charge in [0.15, 0.2) is 0 Å². The monoisotopic (exact) mass is 430 g/mol. The Morgan fingerprint density at radius 1 is 1.07 bits per heavy atom. The highest BCUT2D eigenvalue weighted by Gasteiger charge is 2.28. The van der Waals surface area contributed by atoms with Crippen LogP contribution in [0.4, 0.5) is 0 Å². The Labute approximate surface area is 184 Å². The van der Waals surface area contributed by atoms with Gasteiger partial charge in [0, 0.05) is 24.0 Å². The molecule has 1 N–H and O–H groups in total. The molecule has 0 bridgehead atoms. The average molecular weight is 431 g/mol. The summed E-state index contributed by atoms with van der Waals surface area (Å²) in [6.07, 6.45) is 1.43. The molecule has 2 amide bonds. The summed E-state index contributed by atoms with van der Waals surface area (Å²) >= 11 is 5.88. The van der Waals surface area contributed by atoms with E-state index in [1.807, 2.05) is 51.1 Å². The number of carbonyl (C=O) groups excluding carboxylic acids is 2. The van der Waals surface area contributed by atoms with Gasteiger partial charge < -0.3 is 15.0 Å². The maximum absolute atomic E-state index is 13.1. The van der Waals surface area contributed by atoms with E-state index in [9.17, 15) is 9.59 Å². The molecule has 162 valence electrons. The first-order valence-electron chi connectivity index (χ1n) is 10.4. The molecule has 5 nitrogen and oxygen atoms in total. The lowest BCUT2D eigenvalue weighted by Gasteiger charge is -2.31. The summed E-state index contributed by atoms with van der Waals surface area (Å²) in [7, 11) is 0. The number of halogens is 1. The first kappa shape index (κ1) is 23.7. The van der Waals surface area contributed by atoms with Crippen LogP contribution in [-0.2, 0) is 16.1 Å². The van der Waals surface area contributed by atoms with Crippen LogP contribution >= 0.6 is 11.6 Å². The number of rotatable bonds is 11. The fourth-order valence-corrected chi connectivity index (χ4v) is 3.29. The van der Waals surface area contributed by atoms with Crippen LogP contribution in [0.3, 0.4) is 0 Å². The Kier molecular flexibility index (Phi) is 9.68. The molecule has 0 unspecified atom stereocenters. The number of carbonyl (C=O) groups is 2. The minimum absolute atomic E-state index is 0.0213. The molecule has 1 atom stereocenters. The second-order valence-corrected chi connectivity index (χ2v) is 7.94. The first-order chi connectivity index (χ1) is 14.4. The predicted molar refractivity (Wildman–Crippen MR) is 121 cm³/mol. The number of nitrogens with zero attached hydrogens (tertiary/aromatic N) is 1. The third kappa shape index (κ3) is 7.71. The van der Waals surface area contributed by atoms with Crippen molar-refractivity contribution in [3.63, 3.8) is 0 Å². The third-order valence-corrected chi connectivity index (χ3v) is 4.88. The van der Waals surface area contributed by atoms with Gasteiger partial charge in [0.2, 0.25) is 11.8 Å². The Bertz CT molecular complexity index is 794. The zero-order chi connectivity index (χ0) is 21.9. The number of ether oxygens (including phenoxy) is 1. The molecule has 0 saturated heterocycles. The van der Waals surface area contributed by atoms with Gasteiger partial charge in [0.05, 0.1) is 6.61 Å². The fourth-order valence-electron chi connectivity index (χ4n) is 3.17. The number of hydrogen-bond donors (Lipinski definition) is 1. The molecule has 0 aliphatic rings. The molecular formula is C24H31ClN2O3. The zero-order valence-electron chi connectivity index (χ0n) is 17.9. The maximum Gasteiger partial charge on any atom is 0.243 e. The maximum atomic E-state index is 13.1. The first-order valence-corrected chi connectivity index (χ1v) is 10.8. The summed E-state index contributed by atoms with van der Waals surface area (Å²) in [5.74, 6) is 0.550. The van der Waals surface area contributed by atoms with Crippen molar-refractivity contribution in [3.8, 4) is 5.75 Å². The van der Waals surface area contributed by atoms with E-state index in [0.29, 0.717) is 37.4 Å². The molecule has 0 fully saturated rings. The number of amides is 2. The van der Waals surface area contributed by atoms with E-state index < -0.39 is 6.04 Å². The van der Waals surface area contributed by atoms with Crippen LogP contribution in [0.5, 0.6) is 5.75 Å². The van der Waals surface area contributed by atoms with E-state index in [2.05, 4.69) is 5.32 Å². The molecule has 2 aromatic carbocycles. The largest absolute Gasteiger partial charge is 0.494 e. The highest BCUT2D eigenvalue weighted by Crippen LogP contribution is 2.17. The number of hydrogen-bond acceptors (Lipinski definition) is 3. The van der Waals surface area contributed by atoms with Crippen molar-refractivity contribution in [2.24, 2.45) is 0 Å². The Morgan fingerprint density at radius 2 is 1.73 bits per heavy atom. The lowest BCUT2D eigenvalue weighted by molar-refractivity contribution is -0.141. The summed E-state index contributed by atoms with van der Waals surface area (Å²) in [6.45, 7) is 6.59. The minimum atomic E-state index is -0.503. The lowest BCUT2D eigenvalue weighted by atomic mass is 10.1. The Balaban J connectivity index is 2.01. The van der Waals surface area contributed by atoms with E-state index in [-0.39, 0.29) is 17.9 Å². The predicted octanol–water partition coefficient (Wildman–Crippen LogP) is 4.83. The number of nitrogens with one attached hydrogen (secondary N) is 1. The molecule has 6 heteroatoms. The van der Waals surface area contributed by atoms with E-state index in [1.165, 1.54) is 0 Å². The highest BCUT2D eigenvalue weighted by molar-refractivity contribution is 6.30. The second-order valence-electron chi connectivity index (χ2n) is 7.50. The van der Waals surface area contributed by atoms with Gasteiger partial charge in [0.1, 0.15) is 11.8 Å². The van der Waals surface area contributed by atoms with E-state index in [4.69, 9.17) is 16.3 Å². The van der Waals surface area contributed by atoms with Gasteiger partial charge in [-0.25, -0.2) is 0 Å². The van der Waals surface area contributed by atoms with Gasteiger partial charge in [-0.15, -0.1) is 0 Å². The quantitative estimate of drug-likeness (QED) is 0.519. The average Bonchev–Trinajstić information content (AvgIpc) is 2.72. The highest BCUT2D eigenvalue weighted by atomic mass is 35.5. The standard InChI is InChI=1S/C24H31ClN2O3/c1-4-22(24(29)26-18(2)3)27(17-19-9-6-5-7-10-19)23(28)11-8-16-30-21-14-12-20(25)13-15-21/h5-7,9-10,12-15,18,22H,4,8,11,16-17H2,1-3H3,(H,26,29)/t22-/m0/s1. The van der Waals surface area contributed by atoms with Crippen LogP contribution in [0.2, 0.25) is 5.02 Å². The smallest absolute Gasteiger partial charge is 0.243 e. The molecule has 0 aliphatic carbocycles. The topological polar surface area (TPSA) is 58.6 Å². The van der Waals surface area contributed by atoms with Gasteiger partial charge in [-0.3, -0.25) is 9.59 Å². The Morgan fingerprint density at radius 3 is 2.33 bits per heavy atom. The van der Waals surface area contributed by atoms with Crippen molar-refractivity contribution in [2.45, 2.75) is 58.7 Å². The molecule has 2 aromatic rings. The van der Waals surface area contributed by atoms with Crippen LogP contribution in [-0.4, -0.2) is 35.4 Å². The second kappa shape index (κ2) is 12.2. The van der Waals surface area contributed by atoms with Crippen molar-refractivity contribution in [1.82, 2.24) is 10.2 Å². The molecule has 0 heterocycles. The van der Waals surface area contributed by atoms with Crippen LogP contribution in [0.15, 0.2) is 54.6 Å². The summed E-state index contributed by atoms with van der Waals surface area (Å²) in [5, 5.41) is 3.59. The summed E-state index contributed by atoms with van der Waals surface area (Å²) in [5.41, 5.74) is 0.999. The number of benzene rings is 2. The molecule has 2 rings (SSSR count). The molecule has 0 aromatic heterocycles. The van der Waals surface area contributed by atoms with Crippen molar-refractivity contribution >= 4 is 23.4 Å². The molecule has 0 spiro atoms. The molecule has 0 saturated carbocycles. The van der Waals surface area contributed by atoms with E-state index in [1.54, 1.807) is 29.2 Å². The van der Waals surface area contributed by atoms with Crippen LogP contribution in [0.1, 0.15) is 45.6 Å². The molecule has 30 heavy (non-hydrogen) atoms. The molecule has 0 aliphatic heterocycles. The van der Waals surface area contributed by atoms with Crippen LogP contribution < -0.4 is 10.1 Å². The van der Waals surface area contributed by atoms with Crippen LogP contribution in [0.25, 0.3) is 0 Å². The summed E-state index contributed by atoms with van der Waals surface area (Å²) in [6, 6.07) is 16.4. The SMILES string of the molecule is CC[C@@H](C(=O)NC(C)C)N(Cc1ccccc1)C(=O)CCCOc1ccc(Cl)cc1. The minimum Gasteiger partial charge on any atom is -0.494 e. The zero-order valence-corrected chi connectivity index (χ0v) is 18.7. The van der Waals surface area contributed by atoms with Crippen molar-refractivity contribution in [3.05, 3.63) is 65.2 Å². The van der Waals surface area contributed by atoms with Gasteiger partial charge in [-0.05, 0) is 56.5 Å². The van der Waals surface area contributed by atoms with Gasteiger partial charge in [-0.1, -0.05) is 48.9 Å². The molecule has 0 radical (unpaired) electrons. The lowest BCUT2D eigenvalue weighted by Crippen LogP contribution is -2.50. The van der Waals surface area contributed by atoms with E-state index >= 15 is 0 Å². The van der Waals surface area contributed by atoms with Crippen molar-refractivity contribution in [1.29, 1.82) is 0 Å². The Hall–Kier alpha value is -2.53. The fraction of sp³-hybridized carbons (Fsp3) is 0.417. The normalized spacial score (nSPS) is 11.8. The van der Waals surface area contributed by atoms with Crippen molar-refractivity contribution < 1.29 is 14.3 Å². The van der Waals surface area contributed by atoms with Crippen LogP contribution in [0, 0.1) is 0 Å². The van der Waals surface area contributed by atoms with Gasteiger partial charge in [-0.2, -0.15) is 0 Å². The van der Waals surface area contributed by atoms with Gasteiger partial charge in [0.25, 0.3) is 0 Å². The van der Waals surface area contributed by atoms with E-state index in [0.717, 1.165) is 11.3 Å². The van der Waals surface area contributed by atoms with Crippen molar-refractivity contribution in [2.75, 3.05) is 6.61 Å².